The second-order valence-corrected chi connectivity index (χ2v) is 8.27. The van der Waals surface area contributed by atoms with Crippen LogP contribution in [0.25, 0.3) is 22.0 Å². The molecule has 1 aromatic carbocycles. The van der Waals surface area contributed by atoms with E-state index in [0.29, 0.717) is 5.56 Å². The van der Waals surface area contributed by atoms with Crippen molar-refractivity contribution >= 4 is 16.6 Å². The molecule has 0 saturated carbocycles. The predicted molar refractivity (Wildman–Crippen MR) is 101 cm³/mol. The number of aromatic nitrogens is 2. The highest BCUT2D eigenvalue weighted by Gasteiger charge is 2.53. The first kappa shape index (κ1) is 15.8. The second kappa shape index (κ2) is 5.07. The van der Waals surface area contributed by atoms with E-state index in [4.69, 9.17) is 4.74 Å². The van der Waals surface area contributed by atoms with Crippen LogP contribution in [-0.4, -0.2) is 28.2 Å². The number of fused-ring (bicyclic) bond motifs is 4. The highest BCUT2D eigenvalue weighted by atomic mass is 19.1. The Kier molecular flexibility index (Phi) is 3.09. The van der Waals surface area contributed by atoms with Gasteiger partial charge in [-0.25, -0.2) is 4.39 Å². The molecule has 2 aromatic heterocycles. The van der Waals surface area contributed by atoms with E-state index in [-0.39, 0.29) is 22.9 Å². The van der Waals surface area contributed by atoms with Crippen molar-refractivity contribution in [3.05, 3.63) is 48.2 Å². The fraction of sp³-hybridized carbons (Fsp3) is 0.381. The third-order valence-electron chi connectivity index (χ3n) is 6.08. The molecule has 0 spiro atoms. The molecule has 0 bridgehead atoms. The Morgan fingerprint density at radius 2 is 2.04 bits per heavy atom. The normalized spacial score (nSPS) is 26.4. The summed E-state index contributed by atoms with van der Waals surface area (Å²) in [5, 5.41) is 4.47. The SMILES string of the molecule is CC1(C)Nc2cc(F)c(-c3cncc4cc[nH]c34)cc2C2(C)CCOC12. The maximum atomic E-state index is 15.1. The number of nitrogens with zero attached hydrogens (tertiary/aromatic N) is 1. The monoisotopic (exact) mass is 351 g/mol. The maximum Gasteiger partial charge on any atom is 0.133 e. The molecule has 2 unspecified atom stereocenters. The van der Waals surface area contributed by atoms with Crippen LogP contribution < -0.4 is 5.32 Å². The molecule has 2 aliphatic heterocycles. The van der Waals surface area contributed by atoms with Crippen molar-refractivity contribution in [2.75, 3.05) is 11.9 Å². The fourth-order valence-electron chi connectivity index (χ4n) is 4.94. The van der Waals surface area contributed by atoms with Crippen LogP contribution in [0.15, 0.2) is 36.8 Å². The van der Waals surface area contributed by atoms with E-state index < -0.39 is 0 Å². The molecule has 0 radical (unpaired) electrons. The zero-order valence-corrected chi connectivity index (χ0v) is 15.2. The Morgan fingerprint density at radius 1 is 1.19 bits per heavy atom. The summed E-state index contributed by atoms with van der Waals surface area (Å²) in [6, 6.07) is 5.58. The molecular formula is C21H22FN3O. The number of H-pyrrole nitrogens is 1. The number of benzene rings is 1. The first-order valence-corrected chi connectivity index (χ1v) is 9.05. The van der Waals surface area contributed by atoms with Crippen molar-refractivity contribution in [2.24, 2.45) is 0 Å². The van der Waals surface area contributed by atoms with Gasteiger partial charge in [-0.2, -0.15) is 0 Å². The summed E-state index contributed by atoms with van der Waals surface area (Å²) in [6.45, 7) is 7.21. The molecule has 2 aliphatic rings. The molecule has 2 atom stereocenters. The Labute approximate surface area is 151 Å². The van der Waals surface area contributed by atoms with E-state index in [0.717, 1.165) is 40.7 Å². The summed E-state index contributed by atoms with van der Waals surface area (Å²) in [4.78, 5) is 7.51. The van der Waals surface area contributed by atoms with Gasteiger partial charge in [-0.15, -0.1) is 0 Å². The van der Waals surface area contributed by atoms with Crippen LogP contribution in [0.4, 0.5) is 10.1 Å². The molecule has 1 fully saturated rings. The molecule has 0 amide bonds. The molecule has 2 N–H and O–H groups in total. The van der Waals surface area contributed by atoms with Gasteiger partial charge >= 0.3 is 0 Å². The number of rotatable bonds is 1. The average molecular weight is 351 g/mol. The van der Waals surface area contributed by atoms with E-state index in [1.807, 2.05) is 18.3 Å². The molecule has 134 valence electrons. The van der Waals surface area contributed by atoms with Crippen LogP contribution in [0, 0.1) is 5.82 Å². The summed E-state index contributed by atoms with van der Waals surface area (Å²) in [5.74, 6) is -0.239. The first-order valence-electron chi connectivity index (χ1n) is 9.05. The van der Waals surface area contributed by atoms with Crippen LogP contribution >= 0.6 is 0 Å². The van der Waals surface area contributed by atoms with Crippen LogP contribution in [0.2, 0.25) is 0 Å². The van der Waals surface area contributed by atoms with Gasteiger partial charge in [-0.1, -0.05) is 6.92 Å². The van der Waals surface area contributed by atoms with Crippen molar-refractivity contribution in [1.29, 1.82) is 0 Å². The van der Waals surface area contributed by atoms with Gasteiger partial charge in [-0.05, 0) is 44.0 Å². The van der Waals surface area contributed by atoms with Gasteiger partial charge in [0, 0.05) is 52.8 Å². The van der Waals surface area contributed by atoms with Crippen LogP contribution in [0.1, 0.15) is 32.8 Å². The van der Waals surface area contributed by atoms with Crippen molar-refractivity contribution in [1.82, 2.24) is 9.97 Å². The Morgan fingerprint density at radius 3 is 2.88 bits per heavy atom. The quantitative estimate of drug-likeness (QED) is 0.673. The molecule has 5 rings (SSSR count). The fourth-order valence-corrected chi connectivity index (χ4v) is 4.94. The van der Waals surface area contributed by atoms with Crippen LogP contribution in [0.3, 0.4) is 0 Å². The van der Waals surface area contributed by atoms with E-state index >= 15 is 4.39 Å². The molecule has 1 saturated heterocycles. The van der Waals surface area contributed by atoms with Gasteiger partial charge in [0.1, 0.15) is 5.82 Å². The van der Waals surface area contributed by atoms with Gasteiger partial charge in [0.15, 0.2) is 0 Å². The minimum absolute atomic E-state index is 0.0558. The van der Waals surface area contributed by atoms with E-state index in [1.54, 1.807) is 18.5 Å². The molecular weight excluding hydrogens is 329 g/mol. The number of aromatic amines is 1. The standard InChI is InChI=1S/C21H22FN3O/c1-20(2)19-21(3,5-7-26-19)15-8-13(16(22)9-17(15)25-20)14-11-23-10-12-4-6-24-18(12)14/h4,6,8-11,19,24-25H,5,7H2,1-3H3. The Bertz CT molecular complexity index is 1030. The number of hydrogen-bond donors (Lipinski definition) is 2. The summed E-state index contributed by atoms with van der Waals surface area (Å²) in [6.07, 6.45) is 6.37. The number of halogens is 1. The van der Waals surface area contributed by atoms with Crippen molar-refractivity contribution in [2.45, 2.75) is 44.2 Å². The van der Waals surface area contributed by atoms with E-state index in [9.17, 15) is 0 Å². The van der Waals surface area contributed by atoms with Gasteiger partial charge in [0.25, 0.3) is 0 Å². The average Bonchev–Trinajstić information content (AvgIpc) is 3.21. The molecule has 0 aliphatic carbocycles. The van der Waals surface area contributed by atoms with Gasteiger partial charge in [-0.3, -0.25) is 4.98 Å². The maximum absolute atomic E-state index is 15.1. The molecule has 3 aromatic rings. The number of anilines is 1. The highest BCUT2D eigenvalue weighted by Crippen LogP contribution is 2.51. The zero-order chi connectivity index (χ0) is 18.1. The lowest BCUT2D eigenvalue weighted by atomic mass is 9.66. The topological polar surface area (TPSA) is 49.9 Å². The third-order valence-corrected chi connectivity index (χ3v) is 6.08. The number of ether oxygens (including phenoxy) is 1. The van der Waals surface area contributed by atoms with E-state index in [2.05, 4.69) is 36.1 Å². The summed E-state index contributed by atoms with van der Waals surface area (Å²) < 4.78 is 21.2. The summed E-state index contributed by atoms with van der Waals surface area (Å²) in [7, 11) is 0. The first-order chi connectivity index (χ1) is 12.4. The van der Waals surface area contributed by atoms with Crippen molar-refractivity contribution in [3.63, 3.8) is 0 Å². The molecule has 5 heteroatoms. The molecule has 4 nitrogen and oxygen atoms in total. The lowest BCUT2D eigenvalue weighted by Crippen LogP contribution is -2.56. The van der Waals surface area contributed by atoms with Gasteiger partial charge in [0.05, 0.1) is 17.2 Å². The Balaban J connectivity index is 1.76. The van der Waals surface area contributed by atoms with E-state index in [1.165, 1.54) is 0 Å². The lowest BCUT2D eigenvalue weighted by molar-refractivity contribution is 0.0352. The minimum atomic E-state index is -0.243. The smallest absolute Gasteiger partial charge is 0.133 e. The van der Waals surface area contributed by atoms with Gasteiger partial charge in [0.2, 0.25) is 0 Å². The largest absolute Gasteiger partial charge is 0.377 e. The number of pyridine rings is 1. The minimum Gasteiger partial charge on any atom is -0.377 e. The third kappa shape index (κ3) is 2.01. The summed E-state index contributed by atoms with van der Waals surface area (Å²) >= 11 is 0. The predicted octanol–water partition coefficient (Wildman–Crippen LogP) is 4.62. The zero-order valence-electron chi connectivity index (χ0n) is 15.2. The lowest BCUT2D eigenvalue weighted by Gasteiger charge is -2.48. The summed E-state index contributed by atoms with van der Waals surface area (Å²) in [5.41, 5.74) is 3.89. The van der Waals surface area contributed by atoms with Crippen LogP contribution in [0.5, 0.6) is 0 Å². The van der Waals surface area contributed by atoms with Crippen LogP contribution in [-0.2, 0) is 10.2 Å². The highest BCUT2D eigenvalue weighted by molar-refractivity contribution is 5.93. The van der Waals surface area contributed by atoms with Crippen molar-refractivity contribution in [3.8, 4) is 11.1 Å². The molecule has 4 heterocycles. The molecule has 26 heavy (non-hydrogen) atoms. The number of nitrogens with one attached hydrogen (secondary N) is 2. The van der Waals surface area contributed by atoms with Gasteiger partial charge < -0.3 is 15.0 Å². The number of hydrogen-bond acceptors (Lipinski definition) is 3. The van der Waals surface area contributed by atoms with Crippen molar-refractivity contribution < 1.29 is 9.13 Å². The second-order valence-electron chi connectivity index (χ2n) is 8.27. The Hall–Kier alpha value is -2.40.